The molecule has 0 aliphatic carbocycles. The van der Waals surface area contributed by atoms with Crippen LogP contribution < -0.4 is 10.1 Å². The molecule has 1 N–H and O–H groups in total. The monoisotopic (exact) mass is 273 g/mol. The molecule has 96 valence electrons. The summed E-state index contributed by atoms with van der Waals surface area (Å²) in [6.07, 6.45) is 1.21. The van der Waals surface area contributed by atoms with Crippen molar-refractivity contribution in [3.8, 4) is 11.5 Å². The van der Waals surface area contributed by atoms with Gasteiger partial charge in [0.2, 0.25) is 5.91 Å². The number of rotatable bonds is 2. The number of aryl methyl sites for hydroxylation is 1. The summed E-state index contributed by atoms with van der Waals surface area (Å²) in [5.74, 6) is 1.20. The van der Waals surface area contributed by atoms with Gasteiger partial charge in [-0.1, -0.05) is 35.9 Å². The van der Waals surface area contributed by atoms with E-state index in [0.29, 0.717) is 35.1 Å². The number of hydrogen-bond donors (Lipinski definition) is 1. The first-order valence-electron chi connectivity index (χ1n) is 6.08. The lowest BCUT2D eigenvalue weighted by Crippen LogP contribution is -2.19. The number of hydrogen-bond acceptors (Lipinski definition) is 2. The van der Waals surface area contributed by atoms with Crippen LogP contribution in [0.4, 0.5) is 5.69 Å². The Morgan fingerprint density at radius 2 is 1.84 bits per heavy atom. The van der Waals surface area contributed by atoms with E-state index in [1.165, 1.54) is 0 Å². The van der Waals surface area contributed by atoms with Gasteiger partial charge in [0.15, 0.2) is 5.75 Å². The molecule has 0 bridgehead atoms. The van der Waals surface area contributed by atoms with Gasteiger partial charge in [-0.3, -0.25) is 4.79 Å². The van der Waals surface area contributed by atoms with Crippen LogP contribution in [0.25, 0.3) is 0 Å². The molecule has 0 spiro atoms. The number of nitrogens with one attached hydrogen (secondary N) is 1. The molecule has 0 aromatic heterocycles. The lowest BCUT2D eigenvalue weighted by atomic mass is 10.0. The summed E-state index contributed by atoms with van der Waals surface area (Å²) in [5.41, 5.74) is 1.74. The number of benzene rings is 2. The molecule has 0 radical (unpaired) electrons. The minimum atomic E-state index is -0.00678. The highest BCUT2D eigenvalue weighted by molar-refractivity contribution is 6.32. The summed E-state index contributed by atoms with van der Waals surface area (Å²) >= 11 is 6.18. The van der Waals surface area contributed by atoms with Crippen molar-refractivity contribution in [2.75, 3.05) is 5.32 Å². The van der Waals surface area contributed by atoms with Crippen LogP contribution in [0.15, 0.2) is 42.5 Å². The van der Waals surface area contributed by atoms with E-state index < -0.39 is 0 Å². The Hall–Kier alpha value is -2.00. The summed E-state index contributed by atoms with van der Waals surface area (Å²) < 4.78 is 5.81. The molecule has 2 aromatic carbocycles. The van der Waals surface area contributed by atoms with Crippen molar-refractivity contribution < 1.29 is 9.53 Å². The Kier molecular flexibility index (Phi) is 3.13. The van der Waals surface area contributed by atoms with Crippen LogP contribution >= 0.6 is 11.6 Å². The molecule has 3 rings (SSSR count). The zero-order valence-electron chi connectivity index (χ0n) is 10.2. The van der Waals surface area contributed by atoms with Crippen molar-refractivity contribution in [3.63, 3.8) is 0 Å². The summed E-state index contributed by atoms with van der Waals surface area (Å²) in [6.45, 7) is 0. The number of fused-ring (bicyclic) bond motifs is 1. The number of amides is 1. The maximum Gasteiger partial charge on any atom is 0.224 e. The maximum atomic E-state index is 11.5. The largest absolute Gasteiger partial charge is 0.454 e. The van der Waals surface area contributed by atoms with E-state index in [2.05, 4.69) is 5.32 Å². The SMILES string of the molecule is O=C1CCc2ccc(Cl)c(Oc3ccccc3)c2N1. The number of ether oxygens (including phenoxy) is 1. The van der Waals surface area contributed by atoms with Gasteiger partial charge < -0.3 is 10.1 Å². The number of para-hydroxylation sites is 1. The van der Waals surface area contributed by atoms with E-state index in [0.717, 1.165) is 5.56 Å². The third kappa shape index (κ3) is 2.42. The molecule has 2 aromatic rings. The summed E-state index contributed by atoms with van der Waals surface area (Å²) in [4.78, 5) is 11.5. The van der Waals surface area contributed by atoms with Gasteiger partial charge in [0, 0.05) is 6.42 Å². The van der Waals surface area contributed by atoms with Gasteiger partial charge in [-0.2, -0.15) is 0 Å². The Morgan fingerprint density at radius 3 is 2.63 bits per heavy atom. The zero-order valence-corrected chi connectivity index (χ0v) is 10.9. The second-order valence-corrected chi connectivity index (χ2v) is 4.78. The first-order chi connectivity index (χ1) is 9.24. The third-order valence-corrected chi connectivity index (χ3v) is 3.34. The Bertz CT molecular complexity index is 626. The fraction of sp³-hybridized carbons (Fsp3) is 0.133. The van der Waals surface area contributed by atoms with E-state index >= 15 is 0 Å². The number of carbonyl (C=O) groups excluding carboxylic acids is 1. The van der Waals surface area contributed by atoms with E-state index in [9.17, 15) is 4.79 Å². The summed E-state index contributed by atoms with van der Waals surface area (Å²) in [5, 5.41) is 3.33. The molecule has 0 atom stereocenters. The molecule has 0 saturated heterocycles. The minimum Gasteiger partial charge on any atom is -0.454 e. The molecule has 19 heavy (non-hydrogen) atoms. The standard InChI is InChI=1S/C15H12ClNO2/c16-12-8-6-10-7-9-13(18)17-14(10)15(12)19-11-4-2-1-3-5-11/h1-6,8H,7,9H2,(H,17,18). The van der Waals surface area contributed by atoms with Gasteiger partial charge in [-0.05, 0) is 30.2 Å². The summed E-state index contributed by atoms with van der Waals surface area (Å²) in [6, 6.07) is 13.1. The van der Waals surface area contributed by atoms with Crippen LogP contribution in [0, 0.1) is 0 Å². The van der Waals surface area contributed by atoms with Crippen molar-refractivity contribution >= 4 is 23.2 Å². The molecule has 1 aliphatic heterocycles. The van der Waals surface area contributed by atoms with Crippen molar-refractivity contribution in [1.29, 1.82) is 0 Å². The minimum absolute atomic E-state index is 0.00678. The zero-order chi connectivity index (χ0) is 13.2. The highest BCUT2D eigenvalue weighted by Gasteiger charge is 2.21. The lowest BCUT2D eigenvalue weighted by Gasteiger charge is -2.21. The average molecular weight is 274 g/mol. The van der Waals surface area contributed by atoms with Gasteiger partial charge >= 0.3 is 0 Å². The molecule has 0 fully saturated rings. The molecule has 3 nitrogen and oxygen atoms in total. The normalized spacial score (nSPS) is 13.6. The maximum absolute atomic E-state index is 11.5. The first-order valence-corrected chi connectivity index (χ1v) is 6.46. The molecule has 1 aliphatic rings. The second kappa shape index (κ2) is 4.94. The number of carbonyl (C=O) groups is 1. The van der Waals surface area contributed by atoms with Crippen molar-refractivity contribution in [1.82, 2.24) is 0 Å². The van der Waals surface area contributed by atoms with Crippen molar-refractivity contribution in [2.24, 2.45) is 0 Å². The van der Waals surface area contributed by atoms with Crippen LogP contribution in [0.1, 0.15) is 12.0 Å². The molecule has 0 unspecified atom stereocenters. The highest BCUT2D eigenvalue weighted by atomic mass is 35.5. The predicted molar refractivity (Wildman–Crippen MR) is 74.9 cm³/mol. The van der Waals surface area contributed by atoms with Crippen LogP contribution in [0.2, 0.25) is 5.02 Å². The second-order valence-electron chi connectivity index (χ2n) is 4.37. The van der Waals surface area contributed by atoms with Gasteiger partial charge in [0.1, 0.15) is 5.75 Å². The first kappa shape index (κ1) is 12.1. The summed E-state index contributed by atoms with van der Waals surface area (Å²) in [7, 11) is 0. The third-order valence-electron chi connectivity index (χ3n) is 3.04. The molecular weight excluding hydrogens is 262 g/mol. The van der Waals surface area contributed by atoms with Crippen LogP contribution in [0.5, 0.6) is 11.5 Å². The smallest absolute Gasteiger partial charge is 0.224 e. The average Bonchev–Trinajstić information content (AvgIpc) is 2.43. The van der Waals surface area contributed by atoms with E-state index in [4.69, 9.17) is 16.3 Å². The topological polar surface area (TPSA) is 38.3 Å². The predicted octanol–water partition coefficient (Wildman–Crippen LogP) is 4.02. The van der Waals surface area contributed by atoms with Gasteiger partial charge in [0.25, 0.3) is 0 Å². The molecule has 1 heterocycles. The highest BCUT2D eigenvalue weighted by Crippen LogP contribution is 2.40. The van der Waals surface area contributed by atoms with Crippen LogP contribution in [-0.2, 0) is 11.2 Å². The molecule has 0 saturated carbocycles. The van der Waals surface area contributed by atoms with Crippen LogP contribution in [-0.4, -0.2) is 5.91 Å². The van der Waals surface area contributed by atoms with Crippen molar-refractivity contribution in [2.45, 2.75) is 12.8 Å². The quantitative estimate of drug-likeness (QED) is 0.897. The van der Waals surface area contributed by atoms with Crippen molar-refractivity contribution in [3.05, 3.63) is 53.1 Å². The molecular formula is C15H12ClNO2. The Balaban J connectivity index is 2.03. The lowest BCUT2D eigenvalue weighted by molar-refractivity contribution is -0.116. The fourth-order valence-electron chi connectivity index (χ4n) is 2.10. The Labute approximate surface area is 116 Å². The van der Waals surface area contributed by atoms with Gasteiger partial charge in [0.05, 0.1) is 10.7 Å². The van der Waals surface area contributed by atoms with E-state index in [1.54, 1.807) is 6.07 Å². The Morgan fingerprint density at radius 1 is 1.05 bits per heavy atom. The van der Waals surface area contributed by atoms with Gasteiger partial charge in [-0.15, -0.1) is 0 Å². The fourth-order valence-corrected chi connectivity index (χ4v) is 2.30. The number of halogens is 1. The molecule has 1 amide bonds. The van der Waals surface area contributed by atoms with Gasteiger partial charge in [-0.25, -0.2) is 0 Å². The van der Waals surface area contributed by atoms with E-state index in [-0.39, 0.29) is 5.91 Å². The number of anilines is 1. The molecule has 4 heteroatoms. The van der Waals surface area contributed by atoms with E-state index in [1.807, 2.05) is 36.4 Å². The van der Waals surface area contributed by atoms with Crippen LogP contribution in [0.3, 0.4) is 0 Å².